The third-order valence-electron chi connectivity index (χ3n) is 4.07. The first kappa shape index (κ1) is 19.2. The summed E-state index contributed by atoms with van der Waals surface area (Å²) in [6.45, 7) is 4.60. The lowest BCUT2D eigenvalue weighted by Gasteiger charge is -2.09. The normalized spacial score (nSPS) is 13.0. The third-order valence-corrected chi connectivity index (χ3v) is 5.55. The summed E-state index contributed by atoms with van der Waals surface area (Å²) in [4.78, 5) is 12.5. The van der Waals surface area contributed by atoms with Gasteiger partial charge >= 0.3 is 0 Å². The Morgan fingerprint density at radius 1 is 1.07 bits per heavy atom. The summed E-state index contributed by atoms with van der Waals surface area (Å²) < 4.78 is 37.6. The van der Waals surface area contributed by atoms with E-state index in [-0.39, 0.29) is 17.6 Å². The molecule has 7 nitrogen and oxygen atoms in total. The van der Waals surface area contributed by atoms with E-state index in [1.54, 1.807) is 18.2 Å². The average molecular weight is 390 g/mol. The number of rotatable bonds is 7. The quantitative estimate of drug-likeness (QED) is 0.758. The Labute approximate surface area is 158 Å². The van der Waals surface area contributed by atoms with Crippen LogP contribution in [0.25, 0.3) is 0 Å². The lowest BCUT2D eigenvalue weighted by atomic mass is 10.1. The van der Waals surface area contributed by atoms with Crippen molar-refractivity contribution in [3.8, 4) is 11.5 Å². The van der Waals surface area contributed by atoms with E-state index in [0.717, 1.165) is 6.42 Å². The van der Waals surface area contributed by atoms with Crippen molar-refractivity contribution in [2.45, 2.75) is 25.2 Å². The van der Waals surface area contributed by atoms with Gasteiger partial charge in [0.25, 0.3) is 5.91 Å². The highest BCUT2D eigenvalue weighted by Crippen LogP contribution is 2.34. The second kappa shape index (κ2) is 7.98. The number of anilines is 1. The van der Waals surface area contributed by atoms with Crippen LogP contribution in [0.1, 0.15) is 30.6 Å². The molecule has 0 fully saturated rings. The lowest BCUT2D eigenvalue weighted by Crippen LogP contribution is -2.25. The highest BCUT2D eigenvalue weighted by atomic mass is 32.2. The molecule has 0 saturated heterocycles. The number of carbonyl (C=O) groups excluding carboxylic acids is 1. The number of fused-ring (bicyclic) bond motifs is 1. The maximum atomic E-state index is 12.4. The fourth-order valence-electron chi connectivity index (χ4n) is 2.53. The standard InChI is InChI=1S/C19H22N2O5S/c1-13(2)9-10-20-27(23,24)16-6-3-14(4-7-16)19(22)21-15-5-8-17-18(11-15)26-12-25-17/h3-8,11,13,20H,9-10,12H2,1-2H3,(H,21,22). The van der Waals surface area contributed by atoms with E-state index in [9.17, 15) is 13.2 Å². The van der Waals surface area contributed by atoms with E-state index in [4.69, 9.17) is 9.47 Å². The van der Waals surface area contributed by atoms with Crippen LogP contribution in [-0.2, 0) is 10.0 Å². The Balaban J connectivity index is 1.65. The van der Waals surface area contributed by atoms with Gasteiger partial charge in [-0.05, 0) is 48.7 Å². The molecule has 0 radical (unpaired) electrons. The van der Waals surface area contributed by atoms with Crippen LogP contribution in [0, 0.1) is 5.92 Å². The van der Waals surface area contributed by atoms with Crippen molar-refractivity contribution < 1.29 is 22.7 Å². The van der Waals surface area contributed by atoms with Gasteiger partial charge in [-0.25, -0.2) is 13.1 Å². The number of nitrogens with one attached hydrogen (secondary N) is 2. The summed E-state index contributed by atoms with van der Waals surface area (Å²) in [7, 11) is -3.58. The van der Waals surface area contributed by atoms with Gasteiger partial charge in [0.1, 0.15) is 0 Å². The molecular formula is C19H22N2O5S. The van der Waals surface area contributed by atoms with Crippen molar-refractivity contribution in [3.63, 3.8) is 0 Å². The zero-order valence-electron chi connectivity index (χ0n) is 15.2. The SMILES string of the molecule is CC(C)CCNS(=O)(=O)c1ccc(C(=O)Nc2ccc3c(c2)OCO3)cc1. The van der Waals surface area contributed by atoms with Gasteiger partial charge in [0.05, 0.1) is 4.90 Å². The molecule has 0 bridgehead atoms. The Kier molecular flexibility index (Phi) is 5.67. The molecule has 2 aromatic carbocycles. The molecule has 0 aromatic heterocycles. The van der Waals surface area contributed by atoms with Crippen molar-refractivity contribution >= 4 is 21.6 Å². The zero-order valence-corrected chi connectivity index (χ0v) is 16.0. The number of ether oxygens (including phenoxy) is 2. The van der Waals surface area contributed by atoms with E-state index in [1.165, 1.54) is 24.3 Å². The monoisotopic (exact) mass is 390 g/mol. The summed E-state index contributed by atoms with van der Waals surface area (Å²) in [5.41, 5.74) is 0.921. The van der Waals surface area contributed by atoms with Gasteiger partial charge in [0, 0.05) is 23.9 Å². The number of carbonyl (C=O) groups is 1. The predicted molar refractivity (Wildman–Crippen MR) is 102 cm³/mol. The van der Waals surface area contributed by atoms with E-state index in [1.807, 2.05) is 13.8 Å². The fraction of sp³-hybridized carbons (Fsp3) is 0.316. The summed E-state index contributed by atoms with van der Waals surface area (Å²) >= 11 is 0. The highest BCUT2D eigenvalue weighted by Gasteiger charge is 2.16. The summed E-state index contributed by atoms with van der Waals surface area (Å²) in [6, 6.07) is 10.9. The number of amides is 1. The van der Waals surface area contributed by atoms with Crippen molar-refractivity contribution in [3.05, 3.63) is 48.0 Å². The van der Waals surface area contributed by atoms with Crippen LogP contribution >= 0.6 is 0 Å². The molecule has 1 heterocycles. The van der Waals surface area contributed by atoms with Gasteiger partial charge < -0.3 is 14.8 Å². The molecule has 3 rings (SSSR count). The van der Waals surface area contributed by atoms with Crippen LogP contribution in [0.5, 0.6) is 11.5 Å². The second-order valence-corrected chi connectivity index (χ2v) is 8.39. The minimum atomic E-state index is -3.58. The van der Waals surface area contributed by atoms with Crippen LogP contribution in [-0.4, -0.2) is 27.7 Å². The number of benzene rings is 2. The average Bonchev–Trinajstić information content (AvgIpc) is 3.09. The smallest absolute Gasteiger partial charge is 0.255 e. The van der Waals surface area contributed by atoms with E-state index in [2.05, 4.69) is 10.0 Å². The van der Waals surface area contributed by atoms with Gasteiger partial charge in [-0.15, -0.1) is 0 Å². The molecule has 0 atom stereocenters. The van der Waals surface area contributed by atoms with Gasteiger partial charge in [-0.3, -0.25) is 4.79 Å². The van der Waals surface area contributed by atoms with E-state index >= 15 is 0 Å². The Hall–Kier alpha value is -2.58. The number of sulfonamides is 1. The largest absolute Gasteiger partial charge is 0.454 e. The van der Waals surface area contributed by atoms with Crippen molar-refractivity contribution in [2.75, 3.05) is 18.7 Å². The Morgan fingerprint density at radius 2 is 1.78 bits per heavy atom. The molecule has 2 aromatic rings. The molecule has 8 heteroatoms. The summed E-state index contributed by atoms with van der Waals surface area (Å²) in [5, 5.41) is 2.75. The topological polar surface area (TPSA) is 93.7 Å². The highest BCUT2D eigenvalue weighted by molar-refractivity contribution is 7.89. The van der Waals surface area contributed by atoms with Crippen LogP contribution in [0.2, 0.25) is 0 Å². The van der Waals surface area contributed by atoms with Gasteiger partial charge in [-0.1, -0.05) is 13.8 Å². The van der Waals surface area contributed by atoms with Gasteiger partial charge in [0.2, 0.25) is 16.8 Å². The summed E-state index contributed by atoms with van der Waals surface area (Å²) in [6.07, 6.45) is 0.759. The first-order valence-electron chi connectivity index (χ1n) is 8.66. The van der Waals surface area contributed by atoms with E-state index < -0.39 is 10.0 Å². The van der Waals surface area contributed by atoms with Crippen molar-refractivity contribution in [2.24, 2.45) is 5.92 Å². The van der Waals surface area contributed by atoms with Crippen LogP contribution in [0.4, 0.5) is 5.69 Å². The molecule has 0 spiro atoms. The Morgan fingerprint density at radius 3 is 2.48 bits per heavy atom. The molecule has 1 aliphatic heterocycles. The first-order valence-corrected chi connectivity index (χ1v) is 10.1. The molecule has 1 amide bonds. The maximum absolute atomic E-state index is 12.4. The van der Waals surface area contributed by atoms with E-state index in [0.29, 0.717) is 35.2 Å². The molecule has 1 aliphatic rings. The van der Waals surface area contributed by atoms with Crippen molar-refractivity contribution in [1.82, 2.24) is 4.72 Å². The second-order valence-electron chi connectivity index (χ2n) is 6.63. The fourth-order valence-corrected chi connectivity index (χ4v) is 3.58. The van der Waals surface area contributed by atoms with Gasteiger partial charge in [0.15, 0.2) is 11.5 Å². The molecule has 2 N–H and O–H groups in total. The minimum Gasteiger partial charge on any atom is -0.454 e. The van der Waals surface area contributed by atoms with Crippen LogP contribution < -0.4 is 19.5 Å². The molecule has 0 aliphatic carbocycles. The number of hydrogen-bond acceptors (Lipinski definition) is 5. The summed E-state index contributed by atoms with van der Waals surface area (Å²) in [5.74, 6) is 1.27. The zero-order chi connectivity index (χ0) is 19.4. The third kappa shape index (κ3) is 4.78. The molecule has 0 saturated carbocycles. The van der Waals surface area contributed by atoms with Crippen LogP contribution in [0.15, 0.2) is 47.4 Å². The van der Waals surface area contributed by atoms with Gasteiger partial charge in [-0.2, -0.15) is 0 Å². The molecular weight excluding hydrogens is 368 g/mol. The Bertz CT molecular complexity index is 924. The molecule has 27 heavy (non-hydrogen) atoms. The predicted octanol–water partition coefficient (Wildman–Crippen LogP) is 2.99. The minimum absolute atomic E-state index is 0.130. The van der Waals surface area contributed by atoms with Crippen molar-refractivity contribution in [1.29, 1.82) is 0 Å². The molecule has 0 unspecified atom stereocenters. The van der Waals surface area contributed by atoms with Crippen LogP contribution in [0.3, 0.4) is 0 Å². The number of hydrogen-bond donors (Lipinski definition) is 2. The maximum Gasteiger partial charge on any atom is 0.255 e. The lowest BCUT2D eigenvalue weighted by molar-refractivity contribution is 0.102. The first-order chi connectivity index (χ1) is 12.8. The molecule has 144 valence electrons.